The van der Waals surface area contributed by atoms with Gasteiger partial charge in [0.05, 0.1) is 5.56 Å². The summed E-state index contributed by atoms with van der Waals surface area (Å²) in [5.41, 5.74) is 2.14. The minimum Gasteiger partial charge on any atom is -0.349 e. The molecule has 1 saturated carbocycles. The first-order chi connectivity index (χ1) is 12.0. The van der Waals surface area contributed by atoms with Crippen LogP contribution in [0, 0.1) is 11.6 Å². The third-order valence-corrected chi connectivity index (χ3v) is 4.74. The minimum atomic E-state index is -0.655. The van der Waals surface area contributed by atoms with E-state index in [0.29, 0.717) is 18.5 Å². The van der Waals surface area contributed by atoms with Crippen molar-refractivity contribution in [1.29, 1.82) is 0 Å². The summed E-state index contributed by atoms with van der Waals surface area (Å²) in [7, 11) is 0. The van der Waals surface area contributed by atoms with E-state index in [1.165, 1.54) is 24.3 Å². The van der Waals surface area contributed by atoms with Crippen LogP contribution >= 0.6 is 0 Å². The van der Waals surface area contributed by atoms with Crippen LogP contribution in [0.3, 0.4) is 0 Å². The average molecular weight is 342 g/mol. The van der Waals surface area contributed by atoms with Crippen LogP contribution in [0.5, 0.6) is 0 Å². The lowest BCUT2D eigenvalue weighted by Gasteiger charge is -2.18. The van der Waals surface area contributed by atoms with E-state index in [-0.39, 0.29) is 29.2 Å². The highest BCUT2D eigenvalue weighted by Crippen LogP contribution is 2.41. The van der Waals surface area contributed by atoms with Crippen LogP contribution in [-0.2, 0) is 11.2 Å². The van der Waals surface area contributed by atoms with Gasteiger partial charge in [-0.15, -0.1) is 0 Å². The van der Waals surface area contributed by atoms with Crippen molar-refractivity contribution in [3.05, 3.63) is 64.7 Å². The fourth-order valence-electron chi connectivity index (χ4n) is 3.26. The Labute approximate surface area is 143 Å². The molecule has 128 valence electrons. The Balaban J connectivity index is 1.47. The standard InChI is InChI=1S/C19H16F2N2O2/c20-12-4-1-10(2-5-12)13-8-17(13)23-19(25)14-7-11-3-6-18(24)22-16(11)9-15(14)21/h1-2,4-5,7,9,13,17H,3,6,8H2,(H,22,24)(H,23,25)/t13-,17+/m0/s1. The number of fused-ring (bicyclic) bond motifs is 1. The monoisotopic (exact) mass is 342 g/mol. The van der Waals surface area contributed by atoms with Gasteiger partial charge in [0.2, 0.25) is 5.91 Å². The molecule has 2 atom stereocenters. The number of aryl methyl sites for hydroxylation is 1. The molecule has 2 aromatic carbocycles. The van der Waals surface area contributed by atoms with Crippen LogP contribution < -0.4 is 10.6 Å². The molecule has 0 saturated heterocycles. The van der Waals surface area contributed by atoms with Gasteiger partial charge in [-0.3, -0.25) is 9.59 Å². The molecule has 0 bridgehead atoms. The number of carbonyl (C=O) groups excluding carboxylic acids is 2. The van der Waals surface area contributed by atoms with E-state index in [1.54, 1.807) is 12.1 Å². The zero-order valence-corrected chi connectivity index (χ0v) is 13.3. The molecular formula is C19H16F2N2O2. The average Bonchev–Trinajstić information content (AvgIpc) is 3.33. The Bertz CT molecular complexity index is 864. The fourth-order valence-corrected chi connectivity index (χ4v) is 3.26. The predicted molar refractivity (Wildman–Crippen MR) is 88.4 cm³/mol. The highest BCUT2D eigenvalue weighted by Gasteiger charge is 2.40. The van der Waals surface area contributed by atoms with Crippen molar-refractivity contribution in [3.8, 4) is 0 Å². The second-order valence-electron chi connectivity index (χ2n) is 6.51. The number of hydrogen-bond donors (Lipinski definition) is 2. The van der Waals surface area contributed by atoms with Crippen molar-refractivity contribution in [2.24, 2.45) is 0 Å². The van der Waals surface area contributed by atoms with E-state index < -0.39 is 11.7 Å². The molecule has 2 aliphatic rings. The first kappa shape index (κ1) is 15.7. The second-order valence-corrected chi connectivity index (χ2v) is 6.51. The molecule has 1 heterocycles. The van der Waals surface area contributed by atoms with Crippen molar-refractivity contribution < 1.29 is 18.4 Å². The van der Waals surface area contributed by atoms with E-state index >= 15 is 0 Å². The van der Waals surface area contributed by atoms with Gasteiger partial charge in [0, 0.05) is 24.1 Å². The molecule has 6 heteroatoms. The summed E-state index contributed by atoms with van der Waals surface area (Å²) in [6.45, 7) is 0. The molecule has 2 aromatic rings. The Morgan fingerprint density at radius 3 is 2.64 bits per heavy atom. The molecule has 0 radical (unpaired) electrons. The molecular weight excluding hydrogens is 326 g/mol. The third kappa shape index (κ3) is 3.12. The molecule has 1 fully saturated rings. The lowest BCUT2D eigenvalue weighted by molar-refractivity contribution is -0.116. The number of hydrogen-bond acceptors (Lipinski definition) is 2. The minimum absolute atomic E-state index is 0.0142. The zero-order chi connectivity index (χ0) is 17.6. The van der Waals surface area contributed by atoms with Gasteiger partial charge in [0.25, 0.3) is 5.91 Å². The van der Waals surface area contributed by atoms with Crippen molar-refractivity contribution >= 4 is 17.5 Å². The van der Waals surface area contributed by atoms with E-state index in [1.807, 2.05) is 0 Å². The first-order valence-electron chi connectivity index (χ1n) is 8.20. The topological polar surface area (TPSA) is 58.2 Å². The Morgan fingerprint density at radius 1 is 1.12 bits per heavy atom. The molecule has 0 spiro atoms. The second kappa shape index (κ2) is 5.95. The molecule has 4 rings (SSSR count). The summed E-state index contributed by atoms with van der Waals surface area (Å²) in [6, 6.07) is 8.82. The van der Waals surface area contributed by atoms with Crippen molar-refractivity contribution in [2.75, 3.05) is 5.32 Å². The van der Waals surface area contributed by atoms with E-state index in [4.69, 9.17) is 0 Å². The predicted octanol–water partition coefficient (Wildman–Crippen LogP) is 3.14. The van der Waals surface area contributed by atoms with Gasteiger partial charge in [-0.1, -0.05) is 12.1 Å². The molecule has 2 amide bonds. The number of carbonyl (C=O) groups is 2. The van der Waals surface area contributed by atoms with E-state index in [9.17, 15) is 18.4 Å². The Kier molecular flexibility index (Phi) is 3.75. The van der Waals surface area contributed by atoms with Crippen LogP contribution in [-0.4, -0.2) is 17.9 Å². The van der Waals surface area contributed by atoms with Gasteiger partial charge in [0.1, 0.15) is 11.6 Å². The van der Waals surface area contributed by atoms with Gasteiger partial charge in [0.15, 0.2) is 0 Å². The molecule has 25 heavy (non-hydrogen) atoms. The van der Waals surface area contributed by atoms with Gasteiger partial charge >= 0.3 is 0 Å². The molecule has 2 N–H and O–H groups in total. The van der Waals surface area contributed by atoms with Crippen molar-refractivity contribution in [2.45, 2.75) is 31.2 Å². The normalized spacial score (nSPS) is 21.3. The SMILES string of the molecule is O=C1CCc2cc(C(=O)N[C@@H]3C[C@H]3c3ccc(F)cc3)c(F)cc2N1. The number of halogens is 2. The van der Waals surface area contributed by atoms with Crippen LogP contribution in [0.1, 0.15) is 40.2 Å². The maximum Gasteiger partial charge on any atom is 0.254 e. The molecule has 4 nitrogen and oxygen atoms in total. The highest BCUT2D eigenvalue weighted by molar-refractivity contribution is 5.98. The Hall–Kier alpha value is -2.76. The maximum atomic E-state index is 14.2. The van der Waals surface area contributed by atoms with Gasteiger partial charge in [-0.2, -0.15) is 0 Å². The first-order valence-corrected chi connectivity index (χ1v) is 8.20. The largest absolute Gasteiger partial charge is 0.349 e. The van der Waals surface area contributed by atoms with E-state index in [2.05, 4.69) is 10.6 Å². The number of amides is 2. The maximum absolute atomic E-state index is 14.2. The lowest BCUT2D eigenvalue weighted by Crippen LogP contribution is -2.28. The molecule has 1 aliphatic carbocycles. The van der Waals surface area contributed by atoms with Crippen molar-refractivity contribution in [1.82, 2.24) is 5.32 Å². The number of benzene rings is 2. The van der Waals surface area contributed by atoms with Gasteiger partial charge in [-0.25, -0.2) is 8.78 Å². The lowest BCUT2D eigenvalue weighted by atomic mass is 9.99. The van der Waals surface area contributed by atoms with Crippen LogP contribution in [0.4, 0.5) is 14.5 Å². The smallest absolute Gasteiger partial charge is 0.254 e. The number of nitrogens with one attached hydrogen (secondary N) is 2. The Morgan fingerprint density at radius 2 is 1.88 bits per heavy atom. The summed E-state index contributed by atoms with van der Waals surface area (Å²) < 4.78 is 27.2. The van der Waals surface area contributed by atoms with Crippen LogP contribution in [0.2, 0.25) is 0 Å². The fraction of sp³-hybridized carbons (Fsp3) is 0.263. The zero-order valence-electron chi connectivity index (χ0n) is 13.3. The summed E-state index contributed by atoms with van der Waals surface area (Å²) in [5, 5.41) is 5.44. The van der Waals surface area contributed by atoms with Crippen LogP contribution in [0.15, 0.2) is 36.4 Å². The van der Waals surface area contributed by atoms with Gasteiger partial charge < -0.3 is 10.6 Å². The highest BCUT2D eigenvalue weighted by atomic mass is 19.1. The van der Waals surface area contributed by atoms with Crippen molar-refractivity contribution in [3.63, 3.8) is 0 Å². The van der Waals surface area contributed by atoms with Gasteiger partial charge in [-0.05, 0) is 48.2 Å². The molecule has 1 aliphatic heterocycles. The quantitative estimate of drug-likeness (QED) is 0.900. The summed E-state index contributed by atoms with van der Waals surface area (Å²) in [5.74, 6) is -1.44. The summed E-state index contributed by atoms with van der Waals surface area (Å²) >= 11 is 0. The summed E-state index contributed by atoms with van der Waals surface area (Å²) in [6.07, 6.45) is 1.57. The summed E-state index contributed by atoms with van der Waals surface area (Å²) in [4.78, 5) is 23.8. The molecule has 0 unspecified atom stereocenters. The third-order valence-electron chi connectivity index (χ3n) is 4.74. The number of rotatable bonds is 3. The molecule has 0 aromatic heterocycles. The van der Waals surface area contributed by atoms with E-state index in [0.717, 1.165) is 17.5 Å². The van der Waals surface area contributed by atoms with Crippen LogP contribution in [0.25, 0.3) is 0 Å². The number of anilines is 1.